The average Bonchev–Trinajstić information content (AvgIpc) is 3.17. The zero-order valence-electron chi connectivity index (χ0n) is 12.8. The van der Waals surface area contributed by atoms with Crippen LogP contribution in [-0.2, 0) is 19.6 Å². The van der Waals surface area contributed by atoms with Gasteiger partial charge in [0.05, 0.1) is 17.6 Å². The Morgan fingerprint density at radius 1 is 1.22 bits per heavy atom. The largest absolute Gasteiger partial charge is 0.465 e. The van der Waals surface area contributed by atoms with Crippen molar-refractivity contribution in [1.29, 1.82) is 0 Å². The highest BCUT2D eigenvalue weighted by Crippen LogP contribution is 2.48. The van der Waals surface area contributed by atoms with Crippen LogP contribution < -0.4 is 4.72 Å². The molecule has 2 aliphatic rings. The van der Waals surface area contributed by atoms with Crippen LogP contribution in [0.3, 0.4) is 0 Å². The second kappa shape index (κ2) is 5.96. The van der Waals surface area contributed by atoms with Gasteiger partial charge in [0.2, 0.25) is 5.91 Å². The highest BCUT2D eigenvalue weighted by atomic mass is 32.2. The monoisotopic (exact) mass is 337 g/mol. The van der Waals surface area contributed by atoms with Crippen LogP contribution in [0, 0.1) is 17.8 Å². The Balaban J connectivity index is 1.76. The second-order valence-electron chi connectivity index (χ2n) is 6.27. The first-order valence-corrected chi connectivity index (χ1v) is 9.14. The standard InChI is InChI=1S/C16H19NO5S/c1-22-16(19)12-3-2-4-13(9-12)23(20,21)17-15(18)14-8-10-5-6-11(14)7-10/h2-4,9-11,14H,5-8H2,1H3,(H,17,18)/t10-,11-,14+/m0/s1. The number of methoxy groups -OCH3 is 1. The fourth-order valence-corrected chi connectivity index (χ4v) is 4.81. The van der Waals surface area contributed by atoms with Crippen LogP contribution in [0.4, 0.5) is 0 Å². The lowest BCUT2D eigenvalue weighted by molar-refractivity contribution is -0.124. The van der Waals surface area contributed by atoms with E-state index in [0.29, 0.717) is 11.8 Å². The van der Waals surface area contributed by atoms with Crippen LogP contribution in [-0.4, -0.2) is 27.4 Å². The van der Waals surface area contributed by atoms with Gasteiger partial charge in [0.15, 0.2) is 0 Å². The molecule has 2 fully saturated rings. The topological polar surface area (TPSA) is 89.5 Å². The molecule has 0 heterocycles. The number of rotatable bonds is 4. The molecule has 124 valence electrons. The van der Waals surface area contributed by atoms with Crippen LogP contribution in [0.1, 0.15) is 36.0 Å². The number of hydrogen-bond acceptors (Lipinski definition) is 5. The predicted octanol–water partition coefficient (Wildman–Crippen LogP) is 1.71. The van der Waals surface area contributed by atoms with Crippen molar-refractivity contribution in [3.05, 3.63) is 29.8 Å². The van der Waals surface area contributed by atoms with Gasteiger partial charge < -0.3 is 4.74 Å². The number of carbonyl (C=O) groups is 2. The first kappa shape index (κ1) is 16.0. The van der Waals surface area contributed by atoms with E-state index in [1.807, 2.05) is 0 Å². The molecule has 1 amide bonds. The zero-order chi connectivity index (χ0) is 16.6. The summed E-state index contributed by atoms with van der Waals surface area (Å²) >= 11 is 0. The number of esters is 1. The van der Waals surface area contributed by atoms with Crippen molar-refractivity contribution >= 4 is 21.9 Å². The number of hydrogen-bond donors (Lipinski definition) is 1. The van der Waals surface area contributed by atoms with E-state index < -0.39 is 21.9 Å². The molecule has 2 bridgehead atoms. The molecule has 0 unspecified atom stereocenters. The minimum atomic E-state index is -3.99. The third-order valence-electron chi connectivity index (χ3n) is 4.88. The van der Waals surface area contributed by atoms with Crippen molar-refractivity contribution in [2.24, 2.45) is 17.8 Å². The number of sulfonamides is 1. The number of benzene rings is 1. The van der Waals surface area contributed by atoms with E-state index in [9.17, 15) is 18.0 Å². The predicted molar refractivity (Wildman–Crippen MR) is 82.0 cm³/mol. The molecule has 6 nitrogen and oxygen atoms in total. The molecule has 23 heavy (non-hydrogen) atoms. The van der Waals surface area contributed by atoms with E-state index in [4.69, 9.17) is 0 Å². The zero-order valence-corrected chi connectivity index (χ0v) is 13.6. The van der Waals surface area contributed by atoms with Crippen molar-refractivity contribution < 1.29 is 22.7 Å². The number of carbonyl (C=O) groups excluding carboxylic acids is 2. The Bertz CT molecular complexity index is 743. The molecule has 1 aromatic carbocycles. The lowest BCUT2D eigenvalue weighted by Gasteiger charge is -2.20. The molecular formula is C16H19NO5S. The van der Waals surface area contributed by atoms with Gasteiger partial charge in [0.25, 0.3) is 10.0 Å². The van der Waals surface area contributed by atoms with Gasteiger partial charge in [0, 0.05) is 5.92 Å². The number of ether oxygens (including phenoxy) is 1. The molecule has 0 spiro atoms. The van der Waals surface area contributed by atoms with Crippen molar-refractivity contribution in [2.45, 2.75) is 30.6 Å². The molecule has 1 N–H and O–H groups in total. The second-order valence-corrected chi connectivity index (χ2v) is 7.95. The van der Waals surface area contributed by atoms with E-state index in [2.05, 4.69) is 9.46 Å². The van der Waals surface area contributed by atoms with Gasteiger partial charge in [-0.2, -0.15) is 0 Å². The SMILES string of the molecule is COC(=O)c1cccc(S(=O)(=O)NC(=O)[C@@H]2C[C@H]3CC[C@H]2C3)c1. The molecule has 7 heteroatoms. The van der Waals surface area contributed by atoms with E-state index in [0.717, 1.165) is 25.7 Å². The molecular weight excluding hydrogens is 318 g/mol. The van der Waals surface area contributed by atoms with E-state index in [1.165, 1.54) is 31.4 Å². The fourth-order valence-electron chi connectivity index (χ4n) is 3.74. The smallest absolute Gasteiger partial charge is 0.337 e. The molecule has 3 atom stereocenters. The van der Waals surface area contributed by atoms with Crippen molar-refractivity contribution in [2.75, 3.05) is 7.11 Å². The number of fused-ring (bicyclic) bond motifs is 2. The maximum atomic E-state index is 12.4. The van der Waals surface area contributed by atoms with Crippen molar-refractivity contribution in [1.82, 2.24) is 4.72 Å². The van der Waals surface area contributed by atoms with Crippen LogP contribution in [0.2, 0.25) is 0 Å². The van der Waals surface area contributed by atoms with E-state index in [-0.39, 0.29) is 16.4 Å². The summed E-state index contributed by atoms with van der Waals surface area (Å²) in [5.41, 5.74) is 0.128. The molecule has 0 aromatic heterocycles. The lowest BCUT2D eigenvalue weighted by atomic mass is 9.88. The summed E-state index contributed by atoms with van der Waals surface area (Å²) in [6.45, 7) is 0. The Hall–Kier alpha value is -1.89. The summed E-state index contributed by atoms with van der Waals surface area (Å²) in [4.78, 5) is 23.7. The molecule has 1 aromatic rings. The fraction of sp³-hybridized carbons (Fsp3) is 0.500. The van der Waals surface area contributed by atoms with Gasteiger partial charge in [-0.25, -0.2) is 17.9 Å². The first-order valence-electron chi connectivity index (χ1n) is 7.66. The summed E-state index contributed by atoms with van der Waals surface area (Å²) in [7, 11) is -2.76. The highest BCUT2D eigenvalue weighted by Gasteiger charge is 2.43. The van der Waals surface area contributed by atoms with Gasteiger partial charge in [-0.15, -0.1) is 0 Å². The summed E-state index contributed by atoms with van der Waals surface area (Å²) in [5, 5.41) is 0. The molecule has 3 rings (SSSR count). The number of nitrogens with one attached hydrogen (secondary N) is 1. The van der Waals surface area contributed by atoms with Gasteiger partial charge in [0.1, 0.15) is 0 Å². The van der Waals surface area contributed by atoms with E-state index in [1.54, 1.807) is 0 Å². The molecule has 0 aliphatic heterocycles. The summed E-state index contributed by atoms with van der Waals surface area (Å²) in [5.74, 6) is -0.410. The quantitative estimate of drug-likeness (QED) is 0.845. The number of amides is 1. The first-order chi connectivity index (χ1) is 10.9. The lowest BCUT2D eigenvalue weighted by Crippen LogP contribution is -2.37. The molecule has 2 aliphatic carbocycles. The Morgan fingerprint density at radius 3 is 2.61 bits per heavy atom. The summed E-state index contributed by atoms with van der Waals surface area (Å²) in [6.07, 6.45) is 3.94. The summed E-state index contributed by atoms with van der Waals surface area (Å²) < 4.78 is 31.5. The van der Waals surface area contributed by atoms with Crippen LogP contribution in [0.25, 0.3) is 0 Å². The minimum absolute atomic E-state index is 0.114. The van der Waals surface area contributed by atoms with Gasteiger partial charge in [-0.1, -0.05) is 12.5 Å². The highest BCUT2D eigenvalue weighted by molar-refractivity contribution is 7.90. The van der Waals surface area contributed by atoms with Crippen molar-refractivity contribution in [3.63, 3.8) is 0 Å². The maximum absolute atomic E-state index is 12.4. The van der Waals surface area contributed by atoms with Crippen molar-refractivity contribution in [3.8, 4) is 0 Å². The average molecular weight is 337 g/mol. The molecule has 0 saturated heterocycles. The van der Waals surface area contributed by atoms with Crippen LogP contribution >= 0.6 is 0 Å². The normalized spacial score (nSPS) is 26.0. The molecule has 2 saturated carbocycles. The van der Waals surface area contributed by atoms with Gasteiger partial charge in [-0.3, -0.25) is 4.79 Å². The van der Waals surface area contributed by atoms with Crippen LogP contribution in [0.5, 0.6) is 0 Å². The van der Waals surface area contributed by atoms with Crippen LogP contribution in [0.15, 0.2) is 29.2 Å². The molecule has 0 radical (unpaired) electrons. The minimum Gasteiger partial charge on any atom is -0.465 e. The Morgan fingerprint density at radius 2 is 2.00 bits per heavy atom. The Kier molecular flexibility index (Phi) is 4.14. The maximum Gasteiger partial charge on any atom is 0.337 e. The third-order valence-corrected chi connectivity index (χ3v) is 6.22. The van der Waals surface area contributed by atoms with Gasteiger partial charge >= 0.3 is 5.97 Å². The summed E-state index contributed by atoms with van der Waals surface area (Å²) in [6, 6.07) is 5.47. The van der Waals surface area contributed by atoms with E-state index >= 15 is 0 Å². The third kappa shape index (κ3) is 3.10. The van der Waals surface area contributed by atoms with Gasteiger partial charge in [-0.05, 0) is 49.3 Å². The Labute approximate surface area is 135 Å².